The first-order valence-corrected chi connectivity index (χ1v) is 6.03. The summed E-state index contributed by atoms with van der Waals surface area (Å²) < 4.78 is 5.60. The maximum absolute atomic E-state index is 9.83. The van der Waals surface area contributed by atoms with Crippen molar-refractivity contribution in [1.82, 2.24) is 0 Å². The Kier molecular flexibility index (Phi) is 3.60. The summed E-state index contributed by atoms with van der Waals surface area (Å²) in [6, 6.07) is 9.45. The molecule has 1 aromatic carbocycles. The van der Waals surface area contributed by atoms with Gasteiger partial charge in [0.15, 0.2) is 6.10 Å². The number of hydrogen-bond donors (Lipinski definition) is 0. The molecule has 1 N–H and O–H groups in total. The SMILES string of the molecule is CC1CCC(OC(=[OH+])c2ccccc2)CC1. The van der Waals surface area contributed by atoms with Gasteiger partial charge in [0.1, 0.15) is 5.56 Å². The molecule has 1 saturated carbocycles. The third-order valence-corrected chi connectivity index (χ3v) is 3.26. The maximum Gasteiger partial charge on any atom is 0.517 e. The van der Waals surface area contributed by atoms with Crippen molar-refractivity contribution in [2.45, 2.75) is 38.7 Å². The first kappa shape index (κ1) is 11.2. The average Bonchev–Trinajstić information content (AvgIpc) is 2.33. The van der Waals surface area contributed by atoms with Gasteiger partial charge in [0.2, 0.25) is 0 Å². The Morgan fingerprint density at radius 2 is 1.75 bits per heavy atom. The number of benzene rings is 1. The topological polar surface area (TPSA) is 30.6 Å². The zero-order chi connectivity index (χ0) is 11.4. The molecule has 2 nitrogen and oxygen atoms in total. The lowest BCUT2D eigenvalue weighted by atomic mass is 9.89. The molecule has 0 bridgehead atoms. The van der Waals surface area contributed by atoms with Gasteiger partial charge in [-0.3, -0.25) is 0 Å². The number of carbonyl (C=O) groups excluding carboxylic acids is 1. The van der Waals surface area contributed by atoms with E-state index in [-0.39, 0.29) is 12.1 Å². The summed E-state index contributed by atoms with van der Waals surface area (Å²) in [6.45, 7) is 2.27. The van der Waals surface area contributed by atoms with Gasteiger partial charge in [-0.2, -0.15) is 0 Å². The zero-order valence-corrected chi connectivity index (χ0v) is 9.73. The zero-order valence-electron chi connectivity index (χ0n) is 9.73. The number of hydrogen-bond acceptors (Lipinski definition) is 1. The molecular formula is C14H19O2+. The molecule has 1 fully saturated rings. The molecule has 16 heavy (non-hydrogen) atoms. The van der Waals surface area contributed by atoms with Crippen molar-refractivity contribution in [2.24, 2.45) is 5.92 Å². The summed E-state index contributed by atoms with van der Waals surface area (Å²) in [5.74, 6) is 0.874. The van der Waals surface area contributed by atoms with Crippen LogP contribution in [0.5, 0.6) is 0 Å². The fraction of sp³-hybridized carbons (Fsp3) is 0.500. The second kappa shape index (κ2) is 5.15. The third-order valence-electron chi connectivity index (χ3n) is 3.26. The van der Waals surface area contributed by atoms with Crippen LogP contribution in [0, 0.1) is 5.92 Å². The minimum atomic E-state index is 0.0696. The van der Waals surface area contributed by atoms with Gasteiger partial charge in [-0.15, -0.1) is 0 Å². The normalized spacial score (nSPS) is 25.1. The van der Waals surface area contributed by atoms with Crippen LogP contribution in [-0.2, 0) is 4.74 Å². The van der Waals surface area contributed by atoms with Crippen molar-refractivity contribution in [2.75, 3.05) is 0 Å². The van der Waals surface area contributed by atoms with Gasteiger partial charge < -0.3 is 9.53 Å². The van der Waals surface area contributed by atoms with E-state index in [0.717, 1.165) is 24.3 Å². The van der Waals surface area contributed by atoms with Gasteiger partial charge in [0.25, 0.3) is 0 Å². The van der Waals surface area contributed by atoms with Crippen molar-refractivity contribution < 1.29 is 9.53 Å². The molecule has 2 heteroatoms. The predicted molar refractivity (Wildman–Crippen MR) is 65.0 cm³/mol. The van der Waals surface area contributed by atoms with Gasteiger partial charge in [-0.25, -0.2) is 0 Å². The standard InChI is InChI=1S/C14H18O2/c1-11-7-9-13(10-8-11)16-14(15)12-5-3-2-4-6-12/h2-6,11,13H,7-10H2,1H3/p+1. The summed E-state index contributed by atoms with van der Waals surface area (Å²) in [6.07, 6.45) is 4.70. The van der Waals surface area contributed by atoms with Crippen molar-refractivity contribution in [3.05, 3.63) is 35.9 Å². The molecule has 1 aromatic rings. The number of ether oxygens (including phenoxy) is 1. The molecule has 0 spiro atoms. The van der Waals surface area contributed by atoms with Crippen LogP contribution in [0.4, 0.5) is 0 Å². The Morgan fingerprint density at radius 1 is 1.12 bits per heavy atom. The molecule has 0 aliphatic heterocycles. The largest absolute Gasteiger partial charge is 0.517 e. The van der Waals surface area contributed by atoms with E-state index in [9.17, 15) is 4.79 Å². The van der Waals surface area contributed by atoms with E-state index < -0.39 is 0 Å². The van der Waals surface area contributed by atoms with Crippen LogP contribution in [-0.4, -0.2) is 16.9 Å². The Labute approximate surface area is 96.6 Å². The van der Waals surface area contributed by atoms with Gasteiger partial charge >= 0.3 is 5.97 Å². The number of rotatable bonds is 2. The van der Waals surface area contributed by atoms with E-state index in [1.807, 2.05) is 30.3 Å². The monoisotopic (exact) mass is 219 g/mol. The Bertz CT molecular complexity index is 337. The predicted octanol–water partition coefficient (Wildman–Crippen LogP) is 3.13. The lowest BCUT2D eigenvalue weighted by Crippen LogP contribution is -2.24. The van der Waals surface area contributed by atoms with Crippen LogP contribution in [0.25, 0.3) is 0 Å². The van der Waals surface area contributed by atoms with Crippen LogP contribution in [0.1, 0.15) is 38.2 Å². The molecule has 0 unspecified atom stereocenters. The lowest BCUT2D eigenvalue weighted by molar-refractivity contribution is 0.113. The van der Waals surface area contributed by atoms with Gasteiger partial charge in [-0.05, 0) is 30.9 Å². The van der Waals surface area contributed by atoms with Crippen LogP contribution >= 0.6 is 0 Å². The minimum absolute atomic E-state index is 0.0696. The molecule has 86 valence electrons. The fourth-order valence-corrected chi connectivity index (χ4v) is 2.15. The average molecular weight is 219 g/mol. The molecule has 1 aliphatic rings. The quantitative estimate of drug-likeness (QED) is 0.555. The fourth-order valence-electron chi connectivity index (χ4n) is 2.15. The van der Waals surface area contributed by atoms with E-state index in [2.05, 4.69) is 6.92 Å². The molecule has 0 atom stereocenters. The second-order valence-corrected chi connectivity index (χ2v) is 4.67. The lowest BCUT2D eigenvalue weighted by Gasteiger charge is -2.21. The first-order valence-electron chi connectivity index (χ1n) is 6.03. The number of esters is 1. The molecule has 0 radical (unpaired) electrons. The van der Waals surface area contributed by atoms with Crippen molar-refractivity contribution in [3.63, 3.8) is 0 Å². The van der Waals surface area contributed by atoms with Crippen LogP contribution in [0.2, 0.25) is 0 Å². The maximum atomic E-state index is 9.83. The smallest absolute Gasteiger partial charge is 0.335 e. The van der Waals surface area contributed by atoms with Gasteiger partial charge in [0.05, 0.1) is 0 Å². The van der Waals surface area contributed by atoms with E-state index in [4.69, 9.17) is 4.74 Å². The highest BCUT2D eigenvalue weighted by Gasteiger charge is 2.28. The molecule has 0 aromatic heterocycles. The minimum Gasteiger partial charge on any atom is -0.335 e. The van der Waals surface area contributed by atoms with Gasteiger partial charge in [-0.1, -0.05) is 25.1 Å². The molecule has 1 aliphatic carbocycles. The van der Waals surface area contributed by atoms with Crippen LogP contribution in [0.3, 0.4) is 0 Å². The summed E-state index contributed by atoms with van der Waals surface area (Å²) in [4.78, 5) is 9.83. The van der Waals surface area contributed by atoms with Gasteiger partial charge in [0, 0.05) is 12.8 Å². The highest BCUT2D eigenvalue weighted by molar-refractivity contribution is 5.90. The van der Waals surface area contributed by atoms with Crippen molar-refractivity contribution >= 4 is 5.97 Å². The summed E-state index contributed by atoms with van der Waals surface area (Å²) >= 11 is 0. The van der Waals surface area contributed by atoms with Crippen molar-refractivity contribution in [1.29, 1.82) is 0 Å². The third kappa shape index (κ3) is 2.84. The molecular weight excluding hydrogens is 200 g/mol. The summed E-state index contributed by atoms with van der Waals surface area (Å²) in [5, 5.41) is 0. The Morgan fingerprint density at radius 3 is 2.38 bits per heavy atom. The van der Waals surface area contributed by atoms with E-state index in [1.54, 1.807) is 0 Å². The van der Waals surface area contributed by atoms with E-state index >= 15 is 0 Å². The summed E-state index contributed by atoms with van der Waals surface area (Å²) in [7, 11) is 0. The first-order chi connectivity index (χ1) is 7.75. The highest BCUT2D eigenvalue weighted by atomic mass is 16.5. The molecule has 0 heterocycles. The highest BCUT2D eigenvalue weighted by Crippen LogP contribution is 2.25. The van der Waals surface area contributed by atoms with Crippen LogP contribution in [0.15, 0.2) is 30.3 Å². The van der Waals surface area contributed by atoms with Crippen molar-refractivity contribution in [3.8, 4) is 0 Å². The second-order valence-electron chi connectivity index (χ2n) is 4.67. The molecule has 2 rings (SSSR count). The molecule has 0 amide bonds. The molecule has 0 saturated heterocycles. The van der Waals surface area contributed by atoms with Crippen LogP contribution < -0.4 is 0 Å². The van der Waals surface area contributed by atoms with E-state index in [1.165, 1.54) is 12.8 Å². The Balaban J connectivity index is 1.88. The summed E-state index contributed by atoms with van der Waals surface area (Å²) in [5.41, 5.74) is 0.765. The Hall–Kier alpha value is -1.31. The van der Waals surface area contributed by atoms with E-state index in [0.29, 0.717) is 0 Å².